The van der Waals surface area contributed by atoms with Crippen molar-refractivity contribution in [3.05, 3.63) is 72.8 Å². The largest absolute Gasteiger partial charge is 0.383 e. The minimum absolute atomic E-state index is 0.772. The van der Waals surface area contributed by atoms with Crippen LogP contribution in [-0.2, 0) is 6.54 Å². The summed E-state index contributed by atoms with van der Waals surface area (Å²) < 4.78 is 10.8. The lowest BCUT2D eigenvalue weighted by Crippen LogP contribution is -2.30. The van der Waals surface area contributed by atoms with Gasteiger partial charge in [-0.15, -0.1) is 4.57 Å². The smallest absolute Gasteiger partial charge is 0.380 e. The lowest BCUT2D eigenvalue weighted by Gasteiger charge is -2.03. The van der Waals surface area contributed by atoms with Crippen molar-refractivity contribution in [3.8, 4) is 17.1 Å². The fourth-order valence-corrected chi connectivity index (χ4v) is 3.81. The Hall–Kier alpha value is -3.47. The Kier molecular flexibility index (Phi) is 2.34. The third-order valence-electron chi connectivity index (χ3n) is 4.89. The minimum atomic E-state index is 0.772. The predicted molar refractivity (Wildman–Crippen MR) is 93.4 cm³/mol. The molecule has 0 spiro atoms. The Morgan fingerprint density at radius 1 is 0.960 bits per heavy atom. The molecule has 1 aromatic carbocycles. The molecule has 5 aromatic rings. The quantitative estimate of drug-likeness (QED) is 0.435. The Morgan fingerprint density at radius 2 is 1.80 bits per heavy atom. The normalized spacial score (nSPS) is 12.6. The molecule has 0 saturated carbocycles. The Morgan fingerprint density at radius 3 is 2.72 bits per heavy atom. The van der Waals surface area contributed by atoms with E-state index < -0.39 is 0 Å². The topological polar surface area (TPSA) is 47.7 Å². The average Bonchev–Trinajstić information content (AvgIpc) is 3.29. The Labute approximate surface area is 142 Å². The molecule has 0 unspecified atom stereocenters. The Bertz CT molecular complexity index is 1270. The van der Waals surface area contributed by atoms with Crippen LogP contribution in [0.15, 0.2) is 71.7 Å². The Balaban J connectivity index is 1.78. The van der Waals surface area contributed by atoms with E-state index in [0.717, 1.165) is 45.8 Å². The maximum absolute atomic E-state index is 6.38. The molecule has 4 aromatic heterocycles. The van der Waals surface area contributed by atoms with Crippen LogP contribution in [0.25, 0.3) is 39.3 Å². The molecule has 1 aliphatic heterocycles. The molecule has 5 heteroatoms. The lowest BCUT2D eigenvalue weighted by molar-refractivity contribution is -0.648. The monoisotopic (exact) mass is 325 g/mol. The van der Waals surface area contributed by atoms with Crippen LogP contribution in [0.2, 0.25) is 0 Å². The number of fused-ring (bicyclic) bond motifs is 7. The van der Waals surface area contributed by atoms with Crippen molar-refractivity contribution in [2.75, 3.05) is 0 Å². The number of benzene rings is 1. The van der Waals surface area contributed by atoms with E-state index in [4.69, 9.17) is 4.42 Å². The molecule has 118 valence electrons. The van der Waals surface area contributed by atoms with Gasteiger partial charge in [0, 0.05) is 30.5 Å². The average molecular weight is 325 g/mol. The maximum Gasteiger partial charge on any atom is 0.383 e. The summed E-state index contributed by atoms with van der Waals surface area (Å²) >= 11 is 0. The van der Waals surface area contributed by atoms with E-state index in [2.05, 4.69) is 31.2 Å². The minimum Gasteiger partial charge on any atom is -0.380 e. The van der Waals surface area contributed by atoms with Gasteiger partial charge in [-0.3, -0.25) is 14.5 Å². The van der Waals surface area contributed by atoms with Gasteiger partial charge in [-0.05, 0) is 24.3 Å². The van der Waals surface area contributed by atoms with Crippen molar-refractivity contribution in [1.29, 1.82) is 0 Å². The van der Waals surface area contributed by atoms with Crippen LogP contribution in [0.1, 0.15) is 5.56 Å². The first kappa shape index (κ1) is 12.9. The molecular formula is C20H13N4O+. The number of para-hydroxylation sites is 1. The summed E-state index contributed by atoms with van der Waals surface area (Å²) in [6, 6.07) is 14.3. The number of nitrogens with zero attached hydrogens (tertiary/aromatic N) is 4. The van der Waals surface area contributed by atoms with Crippen molar-refractivity contribution in [2.24, 2.45) is 0 Å². The maximum atomic E-state index is 6.38. The standard InChI is InChI=1S/C20H13N4O/c1-2-4-14(5-3-1)24-17-7-9-22-11-16(17)18-20(24)25-19-15-6-8-21-10-13(15)12-23(18)19/h1-11H,12H2/q+1. The van der Waals surface area contributed by atoms with Gasteiger partial charge in [0.2, 0.25) is 0 Å². The van der Waals surface area contributed by atoms with Gasteiger partial charge in [0.1, 0.15) is 0 Å². The zero-order chi connectivity index (χ0) is 16.4. The number of aromatic nitrogens is 4. The number of hydrogen-bond acceptors (Lipinski definition) is 3. The van der Waals surface area contributed by atoms with E-state index in [1.54, 1.807) is 0 Å². The van der Waals surface area contributed by atoms with Crippen LogP contribution < -0.4 is 4.57 Å². The number of pyridine rings is 2. The molecule has 0 saturated heterocycles. The van der Waals surface area contributed by atoms with E-state index in [-0.39, 0.29) is 0 Å². The van der Waals surface area contributed by atoms with Crippen LogP contribution in [0.5, 0.6) is 0 Å². The molecule has 25 heavy (non-hydrogen) atoms. The molecular weight excluding hydrogens is 312 g/mol. The summed E-state index contributed by atoms with van der Waals surface area (Å²) in [6.45, 7) is 0.772. The third kappa shape index (κ3) is 1.59. The second-order valence-electron chi connectivity index (χ2n) is 6.24. The second kappa shape index (κ2) is 4.54. The summed E-state index contributed by atoms with van der Waals surface area (Å²) in [5, 5.41) is 1.09. The van der Waals surface area contributed by atoms with Gasteiger partial charge >= 0.3 is 5.89 Å². The van der Waals surface area contributed by atoms with E-state index in [1.165, 1.54) is 5.56 Å². The van der Waals surface area contributed by atoms with E-state index in [1.807, 2.05) is 55.1 Å². The molecule has 0 atom stereocenters. The van der Waals surface area contributed by atoms with Crippen LogP contribution >= 0.6 is 0 Å². The first-order valence-corrected chi connectivity index (χ1v) is 8.21. The fraction of sp³-hybridized carbons (Fsp3) is 0.0500. The summed E-state index contributed by atoms with van der Waals surface area (Å²) in [7, 11) is 0. The van der Waals surface area contributed by atoms with Gasteiger partial charge in [-0.2, -0.15) is 0 Å². The van der Waals surface area contributed by atoms with Gasteiger partial charge in [-0.25, -0.2) is 0 Å². The number of rotatable bonds is 1. The molecule has 6 rings (SSSR count). The van der Waals surface area contributed by atoms with E-state index in [0.29, 0.717) is 0 Å². The van der Waals surface area contributed by atoms with Gasteiger partial charge in [0.25, 0.3) is 11.2 Å². The molecule has 5 heterocycles. The van der Waals surface area contributed by atoms with Gasteiger partial charge in [0.05, 0.1) is 22.0 Å². The van der Waals surface area contributed by atoms with E-state index in [9.17, 15) is 0 Å². The lowest BCUT2D eigenvalue weighted by atomic mass is 10.2. The third-order valence-corrected chi connectivity index (χ3v) is 4.89. The molecule has 5 nitrogen and oxygen atoms in total. The summed E-state index contributed by atoms with van der Waals surface area (Å²) in [4.78, 5) is 8.59. The summed E-state index contributed by atoms with van der Waals surface area (Å²) in [6.07, 6.45) is 7.47. The van der Waals surface area contributed by atoms with Crippen LogP contribution in [0.3, 0.4) is 0 Å². The highest BCUT2D eigenvalue weighted by atomic mass is 16.4. The SMILES string of the molecule is c1ccc(-n2c3ccncc3c3c2oc2[n+]3Cc3cnccc3-2)cc1. The molecule has 0 radical (unpaired) electrons. The molecule has 0 fully saturated rings. The number of oxazole rings is 1. The van der Waals surface area contributed by atoms with Crippen LogP contribution in [-0.4, -0.2) is 14.5 Å². The van der Waals surface area contributed by atoms with Crippen LogP contribution in [0.4, 0.5) is 0 Å². The highest BCUT2D eigenvalue weighted by Crippen LogP contribution is 2.36. The van der Waals surface area contributed by atoms with Crippen LogP contribution in [0, 0.1) is 0 Å². The zero-order valence-corrected chi connectivity index (χ0v) is 13.3. The summed E-state index contributed by atoms with van der Waals surface area (Å²) in [5.74, 6) is 0.887. The first-order chi connectivity index (χ1) is 12.4. The summed E-state index contributed by atoms with van der Waals surface area (Å²) in [5.41, 5.74) is 6.41. The molecule has 0 N–H and O–H groups in total. The van der Waals surface area contributed by atoms with Crippen molar-refractivity contribution < 1.29 is 8.98 Å². The van der Waals surface area contributed by atoms with Gasteiger partial charge in [-0.1, -0.05) is 18.2 Å². The van der Waals surface area contributed by atoms with E-state index >= 15 is 0 Å². The van der Waals surface area contributed by atoms with Crippen molar-refractivity contribution >= 4 is 22.1 Å². The highest BCUT2D eigenvalue weighted by Gasteiger charge is 2.37. The van der Waals surface area contributed by atoms with Gasteiger partial charge < -0.3 is 4.42 Å². The van der Waals surface area contributed by atoms with Crippen molar-refractivity contribution in [1.82, 2.24) is 14.5 Å². The van der Waals surface area contributed by atoms with Gasteiger partial charge in [0.15, 0.2) is 6.54 Å². The van der Waals surface area contributed by atoms with Crippen molar-refractivity contribution in [2.45, 2.75) is 6.54 Å². The molecule has 0 amide bonds. The first-order valence-electron chi connectivity index (χ1n) is 8.21. The molecule has 1 aliphatic rings. The van der Waals surface area contributed by atoms with Crippen molar-refractivity contribution in [3.63, 3.8) is 0 Å². The predicted octanol–water partition coefficient (Wildman–Crippen LogP) is 3.48. The second-order valence-corrected chi connectivity index (χ2v) is 6.24. The highest BCUT2D eigenvalue weighted by molar-refractivity contribution is 6.03. The molecule has 0 bridgehead atoms. The zero-order valence-electron chi connectivity index (χ0n) is 13.3. The molecule has 0 aliphatic carbocycles. The fourth-order valence-electron chi connectivity index (χ4n) is 3.81. The number of hydrogen-bond donors (Lipinski definition) is 0.